The third-order valence-electron chi connectivity index (χ3n) is 3.22. The zero-order chi connectivity index (χ0) is 13.8. The lowest BCUT2D eigenvalue weighted by Crippen LogP contribution is -2.33. The average molecular weight is 258 g/mol. The molecule has 0 saturated heterocycles. The summed E-state index contributed by atoms with van der Waals surface area (Å²) in [7, 11) is 0. The van der Waals surface area contributed by atoms with Gasteiger partial charge in [-0.3, -0.25) is 9.69 Å². The van der Waals surface area contributed by atoms with Gasteiger partial charge in [0, 0.05) is 12.1 Å². The Kier molecular flexibility index (Phi) is 4.02. The third-order valence-corrected chi connectivity index (χ3v) is 3.22. The zero-order valence-electron chi connectivity index (χ0n) is 11.0. The average Bonchev–Trinajstić information content (AvgIpc) is 2.40. The van der Waals surface area contributed by atoms with Gasteiger partial charge in [0.2, 0.25) is 5.91 Å². The molecule has 3 N–H and O–H groups in total. The molecule has 0 aliphatic heterocycles. The highest BCUT2D eigenvalue weighted by Gasteiger charge is 2.12. The van der Waals surface area contributed by atoms with E-state index in [2.05, 4.69) is 0 Å². The number of nitrogens with two attached hydrogens (primary N) is 1. The summed E-state index contributed by atoms with van der Waals surface area (Å²) < 4.78 is 0. The number of amides is 1. The largest absolute Gasteiger partial charge is 0.508 e. The van der Waals surface area contributed by atoms with Crippen molar-refractivity contribution in [1.82, 2.24) is 4.90 Å². The van der Waals surface area contributed by atoms with E-state index in [0.717, 1.165) is 16.3 Å². The van der Waals surface area contributed by atoms with Crippen molar-refractivity contribution in [1.29, 1.82) is 0 Å². The molecule has 100 valence electrons. The number of likely N-dealkylation sites (N-methyl/N-ethyl adjacent to an activating group) is 1. The molecular weight excluding hydrogens is 240 g/mol. The Morgan fingerprint density at radius 2 is 2.00 bits per heavy atom. The predicted octanol–water partition coefficient (Wildman–Crippen LogP) is 1.85. The van der Waals surface area contributed by atoms with E-state index in [1.54, 1.807) is 6.07 Å². The molecule has 2 rings (SSSR count). The van der Waals surface area contributed by atoms with Gasteiger partial charge in [0.25, 0.3) is 0 Å². The Hall–Kier alpha value is -2.07. The lowest BCUT2D eigenvalue weighted by atomic mass is 10.0. The molecule has 19 heavy (non-hydrogen) atoms. The van der Waals surface area contributed by atoms with Gasteiger partial charge >= 0.3 is 0 Å². The van der Waals surface area contributed by atoms with Crippen LogP contribution in [-0.4, -0.2) is 29.0 Å². The summed E-state index contributed by atoms with van der Waals surface area (Å²) in [5, 5.41) is 12.1. The minimum Gasteiger partial charge on any atom is -0.508 e. The Morgan fingerprint density at radius 1 is 1.26 bits per heavy atom. The number of fused-ring (bicyclic) bond motifs is 1. The highest BCUT2D eigenvalue weighted by atomic mass is 16.3. The minimum atomic E-state index is -0.360. The maximum Gasteiger partial charge on any atom is 0.231 e. The second kappa shape index (κ2) is 5.71. The van der Waals surface area contributed by atoms with Gasteiger partial charge in [0.05, 0.1) is 6.54 Å². The number of nitrogens with zero attached hydrogens (tertiary/aromatic N) is 1. The molecule has 0 atom stereocenters. The number of rotatable bonds is 5. The molecule has 0 aromatic heterocycles. The molecular formula is C15H18N2O2. The van der Waals surface area contributed by atoms with Gasteiger partial charge in [-0.05, 0) is 23.4 Å². The van der Waals surface area contributed by atoms with E-state index in [1.807, 2.05) is 42.2 Å². The highest BCUT2D eigenvalue weighted by molar-refractivity contribution is 5.87. The first-order valence-corrected chi connectivity index (χ1v) is 6.32. The number of carbonyl (C=O) groups is 1. The Bertz CT molecular complexity index is 596. The zero-order valence-corrected chi connectivity index (χ0v) is 11.0. The van der Waals surface area contributed by atoms with Crippen molar-refractivity contribution in [3.05, 3.63) is 42.0 Å². The normalized spacial score (nSPS) is 11.1. The Labute approximate surface area is 112 Å². The summed E-state index contributed by atoms with van der Waals surface area (Å²) in [6, 6.07) is 11.5. The number of carbonyl (C=O) groups excluding carboxylic acids is 1. The van der Waals surface area contributed by atoms with Gasteiger partial charge < -0.3 is 10.8 Å². The van der Waals surface area contributed by atoms with Crippen LogP contribution in [0.5, 0.6) is 5.75 Å². The molecule has 0 radical (unpaired) electrons. The monoisotopic (exact) mass is 258 g/mol. The molecule has 0 bridgehead atoms. The molecule has 2 aromatic rings. The van der Waals surface area contributed by atoms with E-state index in [9.17, 15) is 9.90 Å². The number of phenolic OH excluding ortho intramolecular Hbond substituents is 1. The summed E-state index contributed by atoms with van der Waals surface area (Å²) in [6.45, 7) is 3.36. The Morgan fingerprint density at radius 3 is 2.68 bits per heavy atom. The van der Waals surface area contributed by atoms with Crippen molar-refractivity contribution < 1.29 is 9.90 Å². The fourth-order valence-electron chi connectivity index (χ4n) is 2.21. The highest BCUT2D eigenvalue weighted by Crippen LogP contribution is 2.28. The summed E-state index contributed by atoms with van der Waals surface area (Å²) in [4.78, 5) is 12.9. The van der Waals surface area contributed by atoms with Crippen molar-refractivity contribution in [3.63, 3.8) is 0 Å². The molecule has 0 aliphatic carbocycles. The number of phenols is 1. The van der Waals surface area contributed by atoms with Gasteiger partial charge in [-0.2, -0.15) is 0 Å². The first kappa shape index (κ1) is 13.4. The maximum absolute atomic E-state index is 11.0. The first-order valence-electron chi connectivity index (χ1n) is 6.32. The number of primary amides is 1. The van der Waals surface area contributed by atoms with Crippen LogP contribution in [0, 0.1) is 0 Å². The molecule has 4 nitrogen and oxygen atoms in total. The maximum atomic E-state index is 11.0. The smallest absolute Gasteiger partial charge is 0.231 e. The molecule has 0 fully saturated rings. The van der Waals surface area contributed by atoms with Crippen LogP contribution in [-0.2, 0) is 11.3 Å². The van der Waals surface area contributed by atoms with Crippen molar-refractivity contribution >= 4 is 16.7 Å². The summed E-state index contributed by atoms with van der Waals surface area (Å²) in [5.74, 6) is -0.108. The van der Waals surface area contributed by atoms with Gasteiger partial charge in [-0.25, -0.2) is 0 Å². The second-order valence-electron chi connectivity index (χ2n) is 4.55. The molecule has 0 saturated carbocycles. The van der Waals surface area contributed by atoms with Crippen LogP contribution in [0.15, 0.2) is 36.4 Å². The van der Waals surface area contributed by atoms with Crippen LogP contribution in [0.3, 0.4) is 0 Å². The van der Waals surface area contributed by atoms with E-state index in [1.165, 1.54) is 0 Å². The van der Waals surface area contributed by atoms with E-state index in [0.29, 0.717) is 13.1 Å². The topological polar surface area (TPSA) is 66.6 Å². The number of benzene rings is 2. The molecule has 1 amide bonds. The van der Waals surface area contributed by atoms with Crippen molar-refractivity contribution in [2.24, 2.45) is 5.73 Å². The number of hydrogen-bond donors (Lipinski definition) is 2. The minimum absolute atomic E-state index is 0.194. The van der Waals surface area contributed by atoms with Gasteiger partial charge in [-0.15, -0.1) is 0 Å². The lowest BCUT2D eigenvalue weighted by Gasteiger charge is -2.20. The SMILES string of the molecule is CCN(CC(N)=O)Cc1c(O)ccc2ccccc12. The number of aromatic hydroxyl groups is 1. The van der Waals surface area contributed by atoms with Crippen LogP contribution in [0.4, 0.5) is 0 Å². The van der Waals surface area contributed by atoms with E-state index < -0.39 is 0 Å². The van der Waals surface area contributed by atoms with Crippen molar-refractivity contribution in [3.8, 4) is 5.75 Å². The standard InChI is InChI=1S/C15H18N2O2/c1-2-17(10-15(16)19)9-13-12-6-4-3-5-11(12)7-8-14(13)18/h3-8,18H,2,9-10H2,1H3,(H2,16,19). The molecule has 4 heteroatoms. The van der Waals surface area contributed by atoms with Crippen molar-refractivity contribution in [2.75, 3.05) is 13.1 Å². The van der Waals surface area contributed by atoms with Gasteiger partial charge in [0.1, 0.15) is 5.75 Å². The summed E-state index contributed by atoms with van der Waals surface area (Å²) in [6.07, 6.45) is 0. The molecule has 2 aromatic carbocycles. The van der Waals surface area contributed by atoms with Crippen LogP contribution >= 0.6 is 0 Å². The fraction of sp³-hybridized carbons (Fsp3) is 0.267. The van der Waals surface area contributed by atoms with Crippen LogP contribution in [0.2, 0.25) is 0 Å². The van der Waals surface area contributed by atoms with Gasteiger partial charge in [-0.1, -0.05) is 37.3 Å². The quantitative estimate of drug-likeness (QED) is 0.860. The van der Waals surface area contributed by atoms with E-state index in [-0.39, 0.29) is 18.2 Å². The molecule has 0 unspecified atom stereocenters. The first-order chi connectivity index (χ1) is 9.11. The van der Waals surface area contributed by atoms with Crippen molar-refractivity contribution in [2.45, 2.75) is 13.5 Å². The second-order valence-corrected chi connectivity index (χ2v) is 4.55. The summed E-state index contributed by atoms with van der Waals surface area (Å²) >= 11 is 0. The van der Waals surface area contributed by atoms with Crippen LogP contribution < -0.4 is 5.73 Å². The molecule has 0 aliphatic rings. The number of hydrogen-bond acceptors (Lipinski definition) is 3. The molecule has 0 heterocycles. The van der Waals surface area contributed by atoms with Gasteiger partial charge in [0.15, 0.2) is 0 Å². The molecule has 0 spiro atoms. The fourth-order valence-corrected chi connectivity index (χ4v) is 2.21. The predicted molar refractivity (Wildman–Crippen MR) is 75.8 cm³/mol. The third kappa shape index (κ3) is 3.03. The Balaban J connectivity index is 2.38. The lowest BCUT2D eigenvalue weighted by molar-refractivity contribution is -0.119. The van der Waals surface area contributed by atoms with E-state index >= 15 is 0 Å². The van der Waals surface area contributed by atoms with Crippen LogP contribution in [0.1, 0.15) is 12.5 Å². The van der Waals surface area contributed by atoms with E-state index in [4.69, 9.17) is 5.73 Å². The van der Waals surface area contributed by atoms with Crippen LogP contribution in [0.25, 0.3) is 10.8 Å². The summed E-state index contributed by atoms with van der Waals surface area (Å²) in [5.41, 5.74) is 6.06.